The van der Waals surface area contributed by atoms with Crippen molar-refractivity contribution in [1.82, 2.24) is 4.57 Å². The summed E-state index contributed by atoms with van der Waals surface area (Å²) in [4.78, 5) is 11.5. The average Bonchev–Trinajstić information content (AvgIpc) is 2.80. The van der Waals surface area contributed by atoms with Crippen molar-refractivity contribution < 1.29 is 14.6 Å². The van der Waals surface area contributed by atoms with Crippen LogP contribution in [-0.2, 0) is 6.54 Å². The quantitative estimate of drug-likeness (QED) is 0.823. The van der Waals surface area contributed by atoms with Crippen LogP contribution in [0.2, 0.25) is 0 Å². The number of carboxylic acids is 1. The zero-order valence-electron chi connectivity index (χ0n) is 11.9. The molecule has 110 valence electrons. The molecule has 4 heteroatoms. The molecule has 1 aromatic heterocycles. The van der Waals surface area contributed by atoms with Crippen molar-refractivity contribution in [1.29, 1.82) is 0 Å². The molecule has 1 N–H and O–H groups in total. The van der Waals surface area contributed by atoms with Gasteiger partial charge in [0.15, 0.2) is 0 Å². The first-order valence-corrected chi connectivity index (χ1v) is 7.30. The van der Waals surface area contributed by atoms with Gasteiger partial charge in [-0.2, -0.15) is 0 Å². The Bertz CT molecular complexity index is 683. The summed E-state index contributed by atoms with van der Waals surface area (Å²) in [6.07, 6.45) is 5.30. The van der Waals surface area contributed by atoms with Crippen molar-refractivity contribution in [2.45, 2.75) is 25.8 Å². The van der Waals surface area contributed by atoms with Crippen molar-refractivity contribution in [2.24, 2.45) is 5.92 Å². The van der Waals surface area contributed by atoms with E-state index in [9.17, 15) is 9.90 Å². The number of aromatic carboxylic acids is 1. The SMILES string of the molecule is C=CCOc1cccc2c1cc(C(=O)O)n2CC1CCC1. The van der Waals surface area contributed by atoms with Crippen LogP contribution >= 0.6 is 0 Å². The molecule has 3 rings (SSSR count). The maximum atomic E-state index is 11.5. The molecule has 21 heavy (non-hydrogen) atoms. The summed E-state index contributed by atoms with van der Waals surface area (Å²) in [6, 6.07) is 7.45. The minimum Gasteiger partial charge on any atom is -0.489 e. The number of benzene rings is 1. The van der Waals surface area contributed by atoms with Crippen molar-refractivity contribution in [3.05, 3.63) is 42.6 Å². The summed E-state index contributed by atoms with van der Waals surface area (Å²) < 4.78 is 7.56. The fourth-order valence-electron chi connectivity index (χ4n) is 2.84. The lowest BCUT2D eigenvalue weighted by molar-refractivity contribution is 0.0683. The van der Waals surface area contributed by atoms with Gasteiger partial charge in [0, 0.05) is 11.9 Å². The van der Waals surface area contributed by atoms with Gasteiger partial charge in [0.05, 0.1) is 5.52 Å². The molecule has 1 aliphatic rings. The number of rotatable bonds is 6. The predicted octanol–water partition coefficient (Wildman–Crippen LogP) is 3.70. The Morgan fingerprint density at radius 3 is 2.90 bits per heavy atom. The molecule has 0 atom stereocenters. The number of hydrogen-bond donors (Lipinski definition) is 1. The highest BCUT2D eigenvalue weighted by Crippen LogP contribution is 2.33. The first-order valence-electron chi connectivity index (χ1n) is 7.30. The van der Waals surface area contributed by atoms with Crippen LogP contribution in [0.15, 0.2) is 36.9 Å². The monoisotopic (exact) mass is 285 g/mol. The fourth-order valence-corrected chi connectivity index (χ4v) is 2.84. The van der Waals surface area contributed by atoms with Gasteiger partial charge < -0.3 is 14.4 Å². The fraction of sp³-hybridized carbons (Fsp3) is 0.353. The Morgan fingerprint density at radius 1 is 1.48 bits per heavy atom. The number of ether oxygens (including phenoxy) is 1. The molecule has 1 aromatic carbocycles. The second-order valence-corrected chi connectivity index (χ2v) is 5.53. The summed E-state index contributed by atoms with van der Waals surface area (Å²) in [5.74, 6) is 0.416. The highest BCUT2D eigenvalue weighted by Gasteiger charge is 2.23. The van der Waals surface area contributed by atoms with Crippen LogP contribution in [0.25, 0.3) is 10.9 Å². The van der Waals surface area contributed by atoms with E-state index in [2.05, 4.69) is 6.58 Å². The maximum Gasteiger partial charge on any atom is 0.352 e. The van der Waals surface area contributed by atoms with Gasteiger partial charge >= 0.3 is 5.97 Å². The minimum atomic E-state index is -0.889. The van der Waals surface area contributed by atoms with Gasteiger partial charge in [-0.25, -0.2) is 4.79 Å². The number of carbonyl (C=O) groups is 1. The van der Waals surface area contributed by atoms with Crippen LogP contribution in [0.3, 0.4) is 0 Å². The smallest absolute Gasteiger partial charge is 0.352 e. The van der Waals surface area contributed by atoms with Crippen LogP contribution < -0.4 is 4.74 Å². The van der Waals surface area contributed by atoms with E-state index in [1.54, 1.807) is 12.1 Å². The van der Waals surface area contributed by atoms with E-state index in [0.717, 1.165) is 17.4 Å². The van der Waals surface area contributed by atoms with Crippen LogP contribution in [0.4, 0.5) is 0 Å². The van der Waals surface area contributed by atoms with E-state index < -0.39 is 5.97 Å². The van der Waals surface area contributed by atoms with Crippen molar-refractivity contribution in [3.8, 4) is 5.75 Å². The van der Waals surface area contributed by atoms with Crippen molar-refractivity contribution in [2.75, 3.05) is 6.61 Å². The normalized spacial score (nSPS) is 14.9. The summed E-state index contributed by atoms with van der Waals surface area (Å²) in [7, 11) is 0. The molecule has 0 spiro atoms. The second-order valence-electron chi connectivity index (χ2n) is 5.53. The third-order valence-corrected chi connectivity index (χ3v) is 4.15. The predicted molar refractivity (Wildman–Crippen MR) is 81.9 cm³/mol. The highest BCUT2D eigenvalue weighted by molar-refractivity contribution is 5.97. The number of hydrogen-bond acceptors (Lipinski definition) is 2. The highest BCUT2D eigenvalue weighted by atomic mass is 16.5. The van der Waals surface area contributed by atoms with Gasteiger partial charge in [0.2, 0.25) is 0 Å². The zero-order valence-corrected chi connectivity index (χ0v) is 11.9. The Labute approximate surface area is 123 Å². The van der Waals surface area contributed by atoms with Gasteiger partial charge in [-0.3, -0.25) is 0 Å². The zero-order chi connectivity index (χ0) is 14.8. The molecule has 2 aromatic rings. The summed E-state index contributed by atoms with van der Waals surface area (Å²) in [6.45, 7) is 4.83. The Hall–Kier alpha value is -2.23. The van der Waals surface area contributed by atoms with Crippen molar-refractivity contribution >= 4 is 16.9 Å². The van der Waals surface area contributed by atoms with Gasteiger partial charge in [0.1, 0.15) is 18.1 Å². The van der Waals surface area contributed by atoms with Crippen molar-refractivity contribution in [3.63, 3.8) is 0 Å². The van der Waals surface area contributed by atoms with E-state index in [1.807, 2.05) is 22.8 Å². The molecule has 0 aliphatic heterocycles. The molecular weight excluding hydrogens is 266 g/mol. The van der Waals surface area contributed by atoms with Gasteiger partial charge in [-0.05, 0) is 37.0 Å². The van der Waals surface area contributed by atoms with Crippen LogP contribution in [0, 0.1) is 5.92 Å². The van der Waals surface area contributed by atoms with Crippen LogP contribution in [0.1, 0.15) is 29.8 Å². The Kier molecular flexibility index (Phi) is 3.69. The van der Waals surface area contributed by atoms with E-state index in [1.165, 1.54) is 19.3 Å². The lowest BCUT2D eigenvalue weighted by Crippen LogP contribution is -2.20. The average molecular weight is 285 g/mol. The van der Waals surface area contributed by atoms with Crippen LogP contribution in [0.5, 0.6) is 5.75 Å². The minimum absolute atomic E-state index is 0.339. The Balaban J connectivity index is 2.07. The van der Waals surface area contributed by atoms with Crippen LogP contribution in [-0.4, -0.2) is 22.2 Å². The molecule has 0 amide bonds. The summed E-state index contributed by atoms with van der Waals surface area (Å²) >= 11 is 0. The molecule has 1 aliphatic carbocycles. The van der Waals surface area contributed by atoms with Gasteiger partial charge in [0.25, 0.3) is 0 Å². The molecule has 0 saturated heterocycles. The Morgan fingerprint density at radius 2 is 2.29 bits per heavy atom. The number of nitrogens with zero attached hydrogens (tertiary/aromatic N) is 1. The van der Waals surface area contributed by atoms with Gasteiger partial charge in [-0.15, -0.1) is 0 Å². The second kappa shape index (κ2) is 5.64. The standard InChI is InChI=1S/C17H19NO3/c1-2-9-21-16-8-4-7-14-13(16)10-15(17(19)20)18(14)11-12-5-3-6-12/h2,4,7-8,10,12H,1,3,5-6,9,11H2,(H,19,20). The first-order chi connectivity index (χ1) is 10.2. The summed E-state index contributed by atoms with van der Waals surface area (Å²) in [5.41, 5.74) is 1.27. The van der Waals surface area contributed by atoms with E-state index in [-0.39, 0.29) is 0 Å². The lowest BCUT2D eigenvalue weighted by Gasteiger charge is -2.26. The molecule has 1 saturated carbocycles. The first kappa shape index (κ1) is 13.7. The van der Waals surface area contributed by atoms with E-state index >= 15 is 0 Å². The molecule has 1 fully saturated rings. The number of aromatic nitrogens is 1. The molecule has 0 radical (unpaired) electrons. The summed E-state index contributed by atoms with van der Waals surface area (Å²) in [5, 5.41) is 10.3. The molecular formula is C17H19NO3. The molecule has 1 heterocycles. The number of carboxylic acid groups (broad SMARTS) is 1. The molecule has 0 unspecified atom stereocenters. The van der Waals surface area contributed by atoms with Gasteiger partial charge in [-0.1, -0.05) is 25.1 Å². The third-order valence-electron chi connectivity index (χ3n) is 4.15. The largest absolute Gasteiger partial charge is 0.489 e. The van der Waals surface area contributed by atoms with E-state index in [0.29, 0.717) is 24.0 Å². The van der Waals surface area contributed by atoms with E-state index in [4.69, 9.17) is 4.74 Å². The topological polar surface area (TPSA) is 51.5 Å². The number of fused-ring (bicyclic) bond motifs is 1. The molecule has 4 nitrogen and oxygen atoms in total. The molecule has 0 bridgehead atoms. The lowest BCUT2D eigenvalue weighted by atomic mass is 9.85. The maximum absolute atomic E-state index is 11.5. The third kappa shape index (κ3) is 2.53.